The van der Waals surface area contributed by atoms with Crippen molar-refractivity contribution in [2.45, 2.75) is 26.3 Å². The number of hydrogen-bond acceptors (Lipinski definition) is 2. The molecule has 0 amide bonds. The number of hydrogen-bond donors (Lipinski definition) is 2. The summed E-state index contributed by atoms with van der Waals surface area (Å²) in [5.41, 5.74) is 14.4. The van der Waals surface area contributed by atoms with Gasteiger partial charge in [-0.3, -0.25) is 0 Å². The maximum Gasteiger partial charge on any atom is 0.0372 e. The first kappa shape index (κ1) is 9.07. The van der Waals surface area contributed by atoms with E-state index in [0.717, 1.165) is 11.3 Å². The topological polar surface area (TPSA) is 52.0 Å². The van der Waals surface area contributed by atoms with E-state index in [-0.39, 0.29) is 5.54 Å². The summed E-state index contributed by atoms with van der Waals surface area (Å²) in [4.78, 5) is 0. The fourth-order valence-corrected chi connectivity index (χ4v) is 1.27. The number of nitrogen functional groups attached to an aromatic ring is 1. The Kier molecular flexibility index (Phi) is 2.11. The molecule has 0 unspecified atom stereocenters. The van der Waals surface area contributed by atoms with Gasteiger partial charge in [-0.1, -0.05) is 12.1 Å². The van der Waals surface area contributed by atoms with Crippen molar-refractivity contribution in [2.24, 2.45) is 5.73 Å². The van der Waals surface area contributed by atoms with E-state index in [9.17, 15) is 0 Å². The zero-order chi connectivity index (χ0) is 9.35. The molecule has 4 N–H and O–H groups in total. The largest absolute Gasteiger partial charge is 0.398 e. The maximum atomic E-state index is 5.93. The lowest BCUT2D eigenvalue weighted by Crippen LogP contribution is -2.29. The second kappa shape index (κ2) is 2.79. The molecule has 0 heterocycles. The molecule has 2 nitrogen and oxygen atoms in total. The van der Waals surface area contributed by atoms with Crippen molar-refractivity contribution in [2.75, 3.05) is 5.73 Å². The molecule has 0 bridgehead atoms. The van der Waals surface area contributed by atoms with E-state index in [4.69, 9.17) is 11.5 Å². The Balaban J connectivity index is 3.19. The molecular formula is C10H16N2. The zero-order valence-electron chi connectivity index (χ0n) is 7.89. The van der Waals surface area contributed by atoms with E-state index >= 15 is 0 Å². The number of anilines is 1. The molecule has 0 fully saturated rings. The van der Waals surface area contributed by atoms with Gasteiger partial charge in [0.15, 0.2) is 0 Å². The predicted octanol–water partition coefficient (Wildman–Crippen LogP) is 1.77. The van der Waals surface area contributed by atoms with Crippen molar-refractivity contribution in [3.63, 3.8) is 0 Å². The van der Waals surface area contributed by atoms with E-state index in [1.54, 1.807) is 0 Å². The van der Waals surface area contributed by atoms with Crippen LogP contribution in [0.4, 0.5) is 5.69 Å². The Bertz CT molecular complexity index is 284. The summed E-state index contributed by atoms with van der Waals surface area (Å²) >= 11 is 0. The van der Waals surface area contributed by atoms with Crippen molar-refractivity contribution in [1.82, 2.24) is 0 Å². The molecule has 0 aliphatic carbocycles. The number of benzene rings is 1. The molecule has 0 saturated carbocycles. The Morgan fingerprint density at radius 2 is 1.83 bits per heavy atom. The molecule has 1 rings (SSSR count). The summed E-state index contributed by atoms with van der Waals surface area (Å²) in [5.74, 6) is 0. The standard InChI is InChI=1S/C10H16N2/c1-7-4-5-8(9(11)6-7)10(2,3)12/h4-6H,11-12H2,1-3H3. The first-order chi connectivity index (χ1) is 5.41. The van der Waals surface area contributed by atoms with E-state index < -0.39 is 0 Å². The van der Waals surface area contributed by atoms with Crippen LogP contribution >= 0.6 is 0 Å². The van der Waals surface area contributed by atoms with Crippen molar-refractivity contribution in [1.29, 1.82) is 0 Å². The lowest BCUT2D eigenvalue weighted by Gasteiger charge is -2.21. The molecule has 0 aliphatic rings. The number of aryl methyl sites for hydroxylation is 1. The minimum absolute atomic E-state index is 0.349. The van der Waals surface area contributed by atoms with E-state index in [1.165, 1.54) is 5.56 Å². The van der Waals surface area contributed by atoms with Crippen LogP contribution in [0.1, 0.15) is 25.0 Å². The first-order valence-corrected chi connectivity index (χ1v) is 4.07. The molecule has 1 aromatic rings. The molecule has 0 aromatic heterocycles. The van der Waals surface area contributed by atoms with Crippen LogP contribution in [0.2, 0.25) is 0 Å². The van der Waals surface area contributed by atoms with Crippen LogP contribution in [0.25, 0.3) is 0 Å². The maximum absolute atomic E-state index is 5.93. The summed E-state index contributed by atoms with van der Waals surface area (Å²) in [6.45, 7) is 5.92. The van der Waals surface area contributed by atoms with Gasteiger partial charge < -0.3 is 11.5 Å². The van der Waals surface area contributed by atoms with Crippen LogP contribution < -0.4 is 11.5 Å². The van der Waals surface area contributed by atoms with Crippen LogP contribution in [-0.4, -0.2) is 0 Å². The Labute approximate surface area is 73.6 Å². The highest BCUT2D eigenvalue weighted by Crippen LogP contribution is 2.23. The van der Waals surface area contributed by atoms with Gasteiger partial charge in [-0.05, 0) is 38.0 Å². The fourth-order valence-electron chi connectivity index (χ4n) is 1.27. The lowest BCUT2D eigenvalue weighted by atomic mass is 9.93. The molecule has 0 aliphatic heterocycles. The number of rotatable bonds is 1. The van der Waals surface area contributed by atoms with Crippen LogP contribution in [0.5, 0.6) is 0 Å². The molecule has 0 atom stereocenters. The van der Waals surface area contributed by atoms with Crippen molar-refractivity contribution < 1.29 is 0 Å². The van der Waals surface area contributed by atoms with Gasteiger partial charge in [0.1, 0.15) is 0 Å². The van der Waals surface area contributed by atoms with Crippen LogP contribution in [-0.2, 0) is 5.54 Å². The molecule has 2 heteroatoms. The Morgan fingerprint density at radius 3 is 2.25 bits per heavy atom. The molecule has 12 heavy (non-hydrogen) atoms. The third-order valence-electron chi connectivity index (χ3n) is 1.90. The van der Waals surface area contributed by atoms with Gasteiger partial charge >= 0.3 is 0 Å². The van der Waals surface area contributed by atoms with E-state index in [0.29, 0.717) is 0 Å². The van der Waals surface area contributed by atoms with Crippen molar-refractivity contribution in [3.05, 3.63) is 29.3 Å². The highest BCUT2D eigenvalue weighted by Gasteiger charge is 2.16. The van der Waals surface area contributed by atoms with Gasteiger partial charge in [0.25, 0.3) is 0 Å². The minimum atomic E-state index is -0.349. The average molecular weight is 164 g/mol. The summed E-state index contributed by atoms with van der Waals surface area (Å²) < 4.78 is 0. The van der Waals surface area contributed by atoms with Crippen molar-refractivity contribution >= 4 is 5.69 Å². The normalized spacial score (nSPS) is 11.7. The predicted molar refractivity (Wildman–Crippen MR) is 52.8 cm³/mol. The first-order valence-electron chi connectivity index (χ1n) is 4.07. The highest BCUT2D eigenvalue weighted by atomic mass is 14.7. The van der Waals surface area contributed by atoms with Crippen LogP contribution in [0, 0.1) is 6.92 Å². The summed E-state index contributed by atoms with van der Waals surface area (Å²) in [6, 6.07) is 5.97. The van der Waals surface area contributed by atoms with Crippen molar-refractivity contribution in [3.8, 4) is 0 Å². The second-order valence-corrected chi connectivity index (χ2v) is 3.81. The van der Waals surface area contributed by atoms with Crippen LogP contribution in [0.15, 0.2) is 18.2 Å². The van der Waals surface area contributed by atoms with Gasteiger partial charge in [-0.25, -0.2) is 0 Å². The van der Waals surface area contributed by atoms with Gasteiger partial charge in [-0.15, -0.1) is 0 Å². The molecular weight excluding hydrogens is 148 g/mol. The fraction of sp³-hybridized carbons (Fsp3) is 0.400. The summed E-state index contributed by atoms with van der Waals surface area (Å²) in [6.07, 6.45) is 0. The van der Waals surface area contributed by atoms with Gasteiger partial charge in [-0.2, -0.15) is 0 Å². The molecule has 66 valence electrons. The van der Waals surface area contributed by atoms with Gasteiger partial charge in [0.2, 0.25) is 0 Å². The Hall–Kier alpha value is -1.02. The third-order valence-corrected chi connectivity index (χ3v) is 1.90. The quantitative estimate of drug-likeness (QED) is 0.621. The highest BCUT2D eigenvalue weighted by molar-refractivity contribution is 5.51. The van der Waals surface area contributed by atoms with Crippen LogP contribution in [0.3, 0.4) is 0 Å². The second-order valence-electron chi connectivity index (χ2n) is 3.81. The Morgan fingerprint density at radius 1 is 1.25 bits per heavy atom. The SMILES string of the molecule is Cc1ccc(C(C)(C)N)c(N)c1. The molecule has 0 saturated heterocycles. The summed E-state index contributed by atoms with van der Waals surface area (Å²) in [5, 5.41) is 0. The number of nitrogens with two attached hydrogens (primary N) is 2. The average Bonchev–Trinajstić information content (AvgIpc) is 1.83. The third kappa shape index (κ3) is 1.77. The minimum Gasteiger partial charge on any atom is -0.398 e. The molecule has 0 radical (unpaired) electrons. The van der Waals surface area contributed by atoms with Gasteiger partial charge in [0, 0.05) is 11.2 Å². The smallest absolute Gasteiger partial charge is 0.0372 e. The monoisotopic (exact) mass is 164 g/mol. The van der Waals surface area contributed by atoms with E-state index in [1.807, 2.05) is 39.0 Å². The zero-order valence-corrected chi connectivity index (χ0v) is 7.89. The molecule has 1 aromatic carbocycles. The summed E-state index contributed by atoms with van der Waals surface area (Å²) in [7, 11) is 0. The van der Waals surface area contributed by atoms with E-state index in [2.05, 4.69) is 0 Å². The molecule has 0 spiro atoms. The van der Waals surface area contributed by atoms with Gasteiger partial charge in [0.05, 0.1) is 0 Å². The lowest BCUT2D eigenvalue weighted by molar-refractivity contribution is 0.556.